The van der Waals surface area contributed by atoms with E-state index in [-0.39, 0.29) is 11.0 Å². The largest absolute Gasteiger partial charge is 0.478 e. The predicted molar refractivity (Wildman–Crippen MR) is 66.2 cm³/mol. The van der Waals surface area contributed by atoms with E-state index >= 15 is 0 Å². The zero-order valence-corrected chi connectivity index (χ0v) is 11.1. The topological polar surface area (TPSA) is 62.5 Å². The Morgan fingerprint density at radius 3 is 2.53 bits per heavy atom. The molecular weight excluding hydrogens is 218 g/mol. The highest BCUT2D eigenvalue weighted by Crippen LogP contribution is 2.20. The number of hydrogen-bond donors (Lipinski definition) is 2. The zero-order chi connectivity index (χ0) is 13.2. The molecule has 1 rings (SSSR count). The van der Waals surface area contributed by atoms with Gasteiger partial charge in [0.1, 0.15) is 17.1 Å². The molecule has 1 aromatic rings. The summed E-state index contributed by atoms with van der Waals surface area (Å²) in [6.07, 6.45) is 0. The monoisotopic (exact) mass is 239 g/mol. The van der Waals surface area contributed by atoms with Crippen molar-refractivity contribution in [3.8, 4) is 0 Å². The molecule has 0 radical (unpaired) electrons. The SMILES string of the molecule is Cc1oc(CNC(C)C(C)(C)C)cc1C(=O)O. The first-order chi connectivity index (χ1) is 7.71. The summed E-state index contributed by atoms with van der Waals surface area (Å²) in [5.41, 5.74) is 0.405. The predicted octanol–water partition coefficient (Wildman–Crippen LogP) is 2.81. The highest BCUT2D eigenvalue weighted by atomic mass is 16.4. The van der Waals surface area contributed by atoms with E-state index in [0.29, 0.717) is 24.1 Å². The first kappa shape index (κ1) is 13.8. The van der Waals surface area contributed by atoms with Crippen LogP contribution in [0.25, 0.3) is 0 Å². The van der Waals surface area contributed by atoms with Crippen molar-refractivity contribution >= 4 is 5.97 Å². The van der Waals surface area contributed by atoms with Crippen molar-refractivity contribution in [1.82, 2.24) is 5.32 Å². The summed E-state index contributed by atoms with van der Waals surface area (Å²) in [6, 6.07) is 1.90. The van der Waals surface area contributed by atoms with Gasteiger partial charge in [0, 0.05) is 6.04 Å². The molecule has 17 heavy (non-hydrogen) atoms. The van der Waals surface area contributed by atoms with Crippen molar-refractivity contribution in [2.24, 2.45) is 5.41 Å². The Hall–Kier alpha value is -1.29. The Labute approximate surface area is 102 Å². The minimum atomic E-state index is -0.943. The standard InChI is InChI=1S/C13H21NO3/c1-8-11(12(15)16)6-10(17-8)7-14-9(2)13(3,4)5/h6,9,14H,7H2,1-5H3,(H,15,16). The van der Waals surface area contributed by atoms with Crippen LogP contribution in [0.5, 0.6) is 0 Å². The smallest absolute Gasteiger partial charge is 0.339 e. The van der Waals surface area contributed by atoms with E-state index in [0.717, 1.165) is 0 Å². The Morgan fingerprint density at radius 2 is 2.12 bits per heavy atom. The molecule has 0 fully saturated rings. The average molecular weight is 239 g/mol. The molecule has 1 aromatic heterocycles. The Kier molecular flexibility index (Phi) is 3.98. The van der Waals surface area contributed by atoms with Gasteiger partial charge in [-0.25, -0.2) is 4.79 Å². The van der Waals surface area contributed by atoms with Gasteiger partial charge in [-0.3, -0.25) is 0 Å². The van der Waals surface area contributed by atoms with E-state index in [9.17, 15) is 4.79 Å². The van der Waals surface area contributed by atoms with Crippen LogP contribution in [0.2, 0.25) is 0 Å². The summed E-state index contributed by atoms with van der Waals surface area (Å²) in [5, 5.41) is 12.2. The number of rotatable bonds is 4. The first-order valence-electron chi connectivity index (χ1n) is 5.78. The van der Waals surface area contributed by atoms with Crippen molar-refractivity contribution in [1.29, 1.82) is 0 Å². The van der Waals surface area contributed by atoms with Crippen LogP contribution in [0.15, 0.2) is 10.5 Å². The summed E-state index contributed by atoms with van der Waals surface area (Å²) in [4.78, 5) is 10.9. The van der Waals surface area contributed by atoms with E-state index in [1.54, 1.807) is 13.0 Å². The minimum Gasteiger partial charge on any atom is -0.478 e. The maximum absolute atomic E-state index is 10.9. The molecule has 0 aliphatic carbocycles. The fourth-order valence-electron chi connectivity index (χ4n) is 1.40. The average Bonchev–Trinajstić information content (AvgIpc) is 2.54. The van der Waals surface area contributed by atoms with Crippen LogP contribution in [-0.2, 0) is 6.54 Å². The summed E-state index contributed by atoms with van der Waals surface area (Å²) in [5.74, 6) is 0.176. The van der Waals surface area contributed by atoms with Crippen LogP contribution < -0.4 is 5.32 Å². The lowest BCUT2D eigenvalue weighted by Gasteiger charge is -2.27. The fourth-order valence-corrected chi connectivity index (χ4v) is 1.40. The summed E-state index contributed by atoms with van der Waals surface area (Å²) in [7, 11) is 0. The number of aromatic carboxylic acids is 1. The van der Waals surface area contributed by atoms with Crippen LogP contribution >= 0.6 is 0 Å². The number of carboxylic acids is 1. The van der Waals surface area contributed by atoms with Gasteiger partial charge < -0.3 is 14.8 Å². The van der Waals surface area contributed by atoms with Crippen molar-refractivity contribution in [3.63, 3.8) is 0 Å². The third-order valence-corrected chi connectivity index (χ3v) is 3.08. The van der Waals surface area contributed by atoms with Crippen LogP contribution in [-0.4, -0.2) is 17.1 Å². The van der Waals surface area contributed by atoms with Gasteiger partial charge in [-0.1, -0.05) is 20.8 Å². The van der Waals surface area contributed by atoms with E-state index in [1.165, 1.54) is 0 Å². The second-order valence-electron chi connectivity index (χ2n) is 5.46. The van der Waals surface area contributed by atoms with Crippen molar-refractivity contribution in [2.75, 3.05) is 0 Å². The van der Waals surface area contributed by atoms with Gasteiger partial charge in [0.25, 0.3) is 0 Å². The maximum atomic E-state index is 10.9. The van der Waals surface area contributed by atoms with Crippen LogP contribution in [0.1, 0.15) is 49.6 Å². The Morgan fingerprint density at radius 1 is 1.53 bits per heavy atom. The molecule has 0 saturated carbocycles. The lowest BCUT2D eigenvalue weighted by atomic mass is 9.88. The molecule has 0 bridgehead atoms. The van der Waals surface area contributed by atoms with Gasteiger partial charge >= 0.3 is 5.97 Å². The number of carboxylic acid groups (broad SMARTS) is 1. The molecule has 0 aliphatic rings. The van der Waals surface area contributed by atoms with Gasteiger partial charge in [-0.2, -0.15) is 0 Å². The van der Waals surface area contributed by atoms with Crippen LogP contribution in [0.3, 0.4) is 0 Å². The third-order valence-electron chi connectivity index (χ3n) is 3.08. The molecule has 96 valence electrons. The maximum Gasteiger partial charge on any atom is 0.339 e. The molecular formula is C13H21NO3. The summed E-state index contributed by atoms with van der Waals surface area (Å²) >= 11 is 0. The van der Waals surface area contributed by atoms with Crippen LogP contribution in [0, 0.1) is 12.3 Å². The molecule has 2 N–H and O–H groups in total. The van der Waals surface area contributed by atoms with E-state index in [2.05, 4.69) is 33.0 Å². The Bertz CT molecular complexity index is 401. The molecule has 1 atom stereocenters. The second-order valence-corrected chi connectivity index (χ2v) is 5.46. The van der Waals surface area contributed by atoms with Gasteiger partial charge in [-0.15, -0.1) is 0 Å². The molecule has 0 amide bonds. The summed E-state index contributed by atoms with van der Waals surface area (Å²) in [6.45, 7) is 10.8. The van der Waals surface area contributed by atoms with Crippen molar-refractivity contribution in [3.05, 3.63) is 23.2 Å². The zero-order valence-electron chi connectivity index (χ0n) is 11.1. The molecule has 0 aromatic carbocycles. The quantitative estimate of drug-likeness (QED) is 0.848. The number of hydrogen-bond acceptors (Lipinski definition) is 3. The molecule has 0 spiro atoms. The minimum absolute atomic E-state index is 0.164. The third kappa shape index (κ3) is 3.60. The number of carbonyl (C=O) groups is 1. The van der Waals surface area contributed by atoms with Gasteiger partial charge in [-0.05, 0) is 25.3 Å². The molecule has 0 aliphatic heterocycles. The lowest BCUT2D eigenvalue weighted by molar-refractivity contribution is 0.0695. The number of nitrogens with one attached hydrogen (secondary N) is 1. The molecule has 1 heterocycles. The molecule has 0 saturated heterocycles. The second kappa shape index (κ2) is 4.92. The molecule has 4 heteroatoms. The van der Waals surface area contributed by atoms with Crippen molar-refractivity contribution in [2.45, 2.75) is 47.2 Å². The highest BCUT2D eigenvalue weighted by Gasteiger charge is 2.20. The van der Waals surface area contributed by atoms with Gasteiger partial charge in [0.2, 0.25) is 0 Å². The van der Waals surface area contributed by atoms with Gasteiger partial charge in [0.05, 0.1) is 6.54 Å². The summed E-state index contributed by atoms with van der Waals surface area (Å²) < 4.78 is 5.40. The van der Waals surface area contributed by atoms with E-state index in [4.69, 9.17) is 9.52 Å². The number of furan rings is 1. The number of aryl methyl sites for hydroxylation is 1. The van der Waals surface area contributed by atoms with E-state index in [1.807, 2.05) is 0 Å². The normalized spacial score (nSPS) is 13.7. The lowest BCUT2D eigenvalue weighted by Crippen LogP contribution is -2.37. The van der Waals surface area contributed by atoms with Gasteiger partial charge in [0.15, 0.2) is 0 Å². The highest BCUT2D eigenvalue weighted by molar-refractivity contribution is 5.88. The fraction of sp³-hybridized carbons (Fsp3) is 0.615. The molecule has 1 unspecified atom stereocenters. The first-order valence-corrected chi connectivity index (χ1v) is 5.78. The van der Waals surface area contributed by atoms with Crippen LogP contribution in [0.4, 0.5) is 0 Å². The molecule has 4 nitrogen and oxygen atoms in total. The Balaban J connectivity index is 2.65. The van der Waals surface area contributed by atoms with Crippen molar-refractivity contribution < 1.29 is 14.3 Å². The van der Waals surface area contributed by atoms with E-state index < -0.39 is 5.97 Å².